The number of nitrogens with one attached hydrogen (secondary N) is 2. The van der Waals surface area contributed by atoms with E-state index < -0.39 is 12.1 Å². The molecular weight excluding hydrogens is 555 g/mol. The normalized spacial score (nSPS) is 19.0. The Balaban J connectivity index is 1.34. The summed E-state index contributed by atoms with van der Waals surface area (Å²) in [5, 5.41) is 17.9. The van der Waals surface area contributed by atoms with Crippen LogP contribution in [0.1, 0.15) is 69.2 Å². The molecule has 226 valence electrons. The topological polar surface area (TPSA) is 106 Å². The lowest BCUT2D eigenvalue weighted by Crippen LogP contribution is -2.52. The zero-order chi connectivity index (χ0) is 29.9. The first-order valence-electron chi connectivity index (χ1n) is 14.6. The predicted molar refractivity (Wildman–Crippen MR) is 161 cm³/mol. The molecule has 0 radical (unpaired) electrons. The first kappa shape index (κ1) is 30.5. The highest BCUT2D eigenvalue weighted by atomic mass is 32.1. The number of carbonyl (C=O) groups is 1. The van der Waals surface area contributed by atoms with Gasteiger partial charge in [0, 0.05) is 49.6 Å². The molecule has 42 heavy (non-hydrogen) atoms. The highest BCUT2D eigenvalue weighted by Crippen LogP contribution is 2.48. The summed E-state index contributed by atoms with van der Waals surface area (Å²) in [5.41, 5.74) is 4.97. The van der Waals surface area contributed by atoms with Crippen molar-refractivity contribution < 1.29 is 23.8 Å². The molecule has 3 N–H and O–H groups in total. The number of pyridine rings is 1. The Morgan fingerprint density at radius 3 is 2.74 bits per heavy atom. The summed E-state index contributed by atoms with van der Waals surface area (Å²) in [6.45, 7) is 6.74. The van der Waals surface area contributed by atoms with Crippen molar-refractivity contribution in [1.29, 1.82) is 0 Å². The summed E-state index contributed by atoms with van der Waals surface area (Å²) in [6.07, 6.45) is 7.73. The second-order valence-corrected chi connectivity index (χ2v) is 13.7. The summed E-state index contributed by atoms with van der Waals surface area (Å²) in [4.78, 5) is 22.1. The molecule has 3 atom stereocenters. The van der Waals surface area contributed by atoms with Gasteiger partial charge in [-0.2, -0.15) is 0 Å². The third-order valence-electron chi connectivity index (χ3n) is 8.04. The fourth-order valence-corrected chi connectivity index (χ4v) is 6.55. The first-order valence-corrected chi connectivity index (χ1v) is 15.5. The molecule has 3 heterocycles. The Kier molecular flexibility index (Phi) is 9.27. The minimum absolute atomic E-state index is 0.0461. The van der Waals surface area contributed by atoms with E-state index in [2.05, 4.69) is 42.5 Å². The summed E-state index contributed by atoms with van der Waals surface area (Å²) >= 11 is 1.36. The number of carbonyl (C=O) groups excluding carboxylic acids is 1. The number of halogens is 1. The number of ether oxygens (including phenoxy) is 2. The maximum Gasteiger partial charge on any atom is 0.246 e. The van der Waals surface area contributed by atoms with E-state index in [0.29, 0.717) is 17.9 Å². The van der Waals surface area contributed by atoms with Crippen LogP contribution in [0.25, 0.3) is 10.4 Å². The van der Waals surface area contributed by atoms with E-state index in [9.17, 15) is 14.3 Å². The molecule has 1 saturated carbocycles. The number of hydrogen-bond donors (Lipinski definition) is 3. The number of aliphatic hydroxyl groups excluding tert-OH is 1. The average molecular weight is 597 g/mol. The largest absolute Gasteiger partial charge is 0.471 e. The minimum Gasteiger partial charge on any atom is -0.471 e. The van der Waals surface area contributed by atoms with Gasteiger partial charge in [-0.15, -0.1) is 11.3 Å². The molecule has 1 unspecified atom stereocenters. The van der Waals surface area contributed by atoms with Crippen LogP contribution in [0.5, 0.6) is 5.88 Å². The summed E-state index contributed by atoms with van der Waals surface area (Å²) in [7, 11) is 1.45. The van der Waals surface area contributed by atoms with Gasteiger partial charge in [0.05, 0.1) is 22.5 Å². The fraction of sp³-hybridized carbons (Fsp3) is 0.531. The van der Waals surface area contributed by atoms with E-state index in [-0.39, 0.29) is 41.9 Å². The monoisotopic (exact) mass is 596 g/mol. The van der Waals surface area contributed by atoms with Crippen molar-refractivity contribution in [1.82, 2.24) is 20.6 Å². The van der Waals surface area contributed by atoms with Gasteiger partial charge in [0.2, 0.25) is 11.8 Å². The zero-order valence-electron chi connectivity index (χ0n) is 24.8. The molecule has 5 rings (SSSR count). The molecule has 0 saturated heterocycles. The second-order valence-electron chi connectivity index (χ2n) is 12.8. The zero-order valence-corrected chi connectivity index (χ0v) is 25.6. The van der Waals surface area contributed by atoms with Crippen molar-refractivity contribution in [2.24, 2.45) is 5.41 Å². The van der Waals surface area contributed by atoms with E-state index in [0.717, 1.165) is 53.7 Å². The molecule has 1 aliphatic carbocycles. The Bertz CT molecular complexity index is 1370. The predicted octanol–water partition coefficient (Wildman–Crippen LogP) is 5.00. The summed E-state index contributed by atoms with van der Waals surface area (Å²) in [5.74, 6) is -0.00243. The molecule has 1 fully saturated rings. The van der Waals surface area contributed by atoms with Crippen LogP contribution in [-0.4, -0.2) is 59.0 Å². The van der Waals surface area contributed by atoms with Gasteiger partial charge in [0.15, 0.2) is 0 Å². The van der Waals surface area contributed by atoms with Crippen LogP contribution in [0.3, 0.4) is 0 Å². The van der Waals surface area contributed by atoms with Crippen LogP contribution >= 0.6 is 11.3 Å². The molecule has 2 aromatic heterocycles. The van der Waals surface area contributed by atoms with Gasteiger partial charge in [-0.25, -0.2) is 9.37 Å². The van der Waals surface area contributed by atoms with Crippen molar-refractivity contribution in [3.05, 3.63) is 64.7 Å². The van der Waals surface area contributed by atoms with Crippen LogP contribution in [-0.2, 0) is 22.4 Å². The van der Waals surface area contributed by atoms with E-state index in [4.69, 9.17) is 14.5 Å². The molecule has 1 aliphatic heterocycles. The maximum atomic E-state index is 14.6. The molecule has 8 nitrogen and oxygen atoms in total. The molecular formula is C32H41FN4O4S. The number of amides is 1. The van der Waals surface area contributed by atoms with E-state index in [1.807, 2.05) is 6.20 Å². The van der Waals surface area contributed by atoms with Gasteiger partial charge in [0.1, 0.15) is 18.0 Å². The lowest BCUT2D eigenvalue weighted by atomic mass is 9.73. The van der Waals surface area contributed by atoms with Crippen LogP contribution in [0.15, 0.2) is 42.2 Å². The Morgan fingerprint density at radius 2 is 2.07 bits per heavy atom. The van der Waals surface area contributed by atoms with Crippen LogP contribution < -0.4 is 15.4 Å². The highest BCUT2D eigenvalue weighted by Gasteiger charge is 2.46. The Morgan fingerprint density at radius 1 is 1.26 bits per heavy atom. The Hall–Kier alpha value is -2.92. The van der Waals surface area contributed by atoms with Crippen LogP contribution in [0, 0.1) is 11.2 Å². The number of methoxy groups -OCH3 is 1. The standard InChI is InChI=1S/C32H41FN4O4S/c1-31(2,3)13-21-11-23-26(14-32(8-5-9-32)41-30(23)36-15-21)35-16-27(38)25(37-29(39)18-40-4)12-20-6-7-24(33)22(10-20)28-17-34-19-42-28/h6-7,10-11,15,17,19,25-27,35,38H,5,8-9,12-14,16,18H2,1-4H3,(H,37,39)/t25?,26-,27+/m0/s1. The van der Waals surface area contributed by atoms with Gasteiger partial charge in [0.25, 0.3) is 0 Å². The van der Waals surface area contributed by atoms with E-state index in [1.54, 1.807) is 23.8 Å². The highest BCUT2D eigenvalue weighted by molar-refractivity contribution is 7.13. The fourth-order valence-electron chi connectivity index (χ4n) is 5.91. The summed E-state index contributed by atoms with van der Waals surface area (Å²) < 4.78 is 26.1. The molecule has 1 spiro atoms. The smallest absolute Gasteiger partial charge is 0.246 e. The van der Waals surface area contributed by atoms with Crippen molar-refractivity contribution in [3.8, 4) is 16.3 Å². The lowest BCUT2D eigenvalue weighted by Gasteiger charge is -2.47. The van der Waals surface area contributed by atoms with Gasteiger partial charge in [-0.3, -0.25) is 9.78 Å². The van der Waals surface area contributed by atoms with Crippen LogP contribution in [0.4, 0.5) is 4.39 Å². The molecule has 3 aromatic rings. The number of nitrogens with zero attached hydrogens (tertiary/aromatic N) is 2. The minimum atomic E-state index is -0.919. The van der Waals surface area contributed by atoms with Crippen molar-refractivity contribution >= 4 is 17.2 Å². The van der Waals surface area contributed by atoms with Gasteiger partial charge in [-0.05, 0) is 66.8 Å². The average Bonchev–Trinajstić information content (AvgIpc) is 3.45. The SMILES string of the molecule is COCC(=O)NC(Cc1ccc(F)c(-c2cncs2)c1)[C@H](O)CN[C@H]1CC2(CCC2)Oc2ncc(CC(C)(C)C)cc21. The third kappa shape index (κ3) is 7.34. The number of benzene rings is 1. The van der Waals surface area contributed by atoms with Gasteiger partial charge in [-0.1, -0.05) is 26.8 Å². The number of fused-ring (bicyclic) bond motifs is 1. The maximum absolute atomic E-state index is 14.6. The van der Waals surface area contributed by atoms with Crippen molar-refractivity contribution in [2.45, 2.75) is 83.1 Å². The Labute approximate surface area is 251 Å². The second kappa shape index (κ2) is 12.8. The molecule has 1 aromatic carbocycles. The number of thiazole rings is 1. The number of rotatable bonds is 11. The lowest BCUT2D eigenvalue weighted by molar-refractivity contribution is -0.126. The third-order valence-corrected chi connectivity index (χ3v) is 8.85. The number of hydrogen-bond acceptors (Lipinski definition) is 8. The van der Waals surface area contributed by atoms with Crippen LogP contribution in [0.2, 0.25) is 0 Å². The van der Waals surface area contributed by atoms with E-state index >= 15 is 0 Å². The molecule has 10 heteroatoms. The quantitative estimate of drug-likeness (QED) is 0.286. The molecule has 1 amide bonds. The summed E-state index contributed by atoms with van der Waals surface area (Å²) in [6, 6.07) is 6.38. The number of aromatic nitrogens is 2. The molecule has 0 bridgehead atoms. The molecule has 2 aliphatic rings. The van der Waals surface area contributed by atoms with Gasteiger partial charge >= 0.3 is 0 Å². The number of aliphatic hydroxyl groups is 1. The van der Waals surface area contributed by atoms with Gasteiger partial charge < -0.3 is 25.2 Å². The first-order chi connectivity index (χ1) is 20.0. The van der Waals surface area contributed by atoms with Crippen molar-refractivity contribution in [2.75, 3.05) is 20.3 Å². The van der Waals surface area contributed by atoms with Crippen molar-refractivity contribution in [3.63, 3.8) is 0 Å². The van der Waals surface area contributed by atoms with E-state index in [1.165, 1.54) is 24.5 Å².